The molecule has 3 aromatic carbocycles. The Hall–Kier alpha value is -5.23. The Kier molecular flexibility index (Phi) is 13.1. The molecule has 4 aromatic rings. The molecule has 0 saturated carbocycles. The van der Waals surface area contributed by atoms with Crippen LogP contribution in [-0.2, 0) is 33.9 Å². The molecule has 0 saturated heterocycles. The van der Waals surface area contributed by atoms with Crippen LogP contribution in [0.1, 0.15) is 49.8 Å². The van der Waals surface area contributed by atoms with Crippen LogP contribution in [0.25, 0.3) is 10.9 Å². The number of hydrogen-bond donors (Lipinski definition) is 6. The molecule has 0 aliphatic rings. The van der Waals surface area contributed by atoms with Crippen molar-refractivity contribution in [1.82, 2.24) is 20.5 Å². The first-order valence-electron chi connectivity index (χ1n) is 16.2. The molecule has 0 radical (unpaired) electrons. The number of anilines is 1. The van der Waals surface area contributed by atoms with E-state index in [4.69, 9.17) is 11.5 Å². The number of carbonyl (C=O) groups excluding carboxylic acids is 3. The van der Waals surface area contributed by atoms with Crippen molar-refractivity contribution in [2.75, 3.05) is 18.4 Å². The molecule has 48 heavy (non-hydrogen) atoms. The van der Waals surface area contributed by atoms with E-state index in [0.717, 1.165) is 40.6 Å². The van der Waals surface area contributed by atoms with Gasteiger partial charge in [0.25, 0.3) is 0 Å². The fourth-order valence-corrected chi connectivity index (χ4v) is 5.49. The zero-order valence-corrected chi connectivity index (χ0v) is 27.5. The molecular formula is C36H45FN8O3. The first-order valence-corrected chi connectivity index (χ1v) is 16.2. The monoisotopic (exact) mass is 656 g/mol. The lowest BCUT2D eigenvalue weighted by atomic mass is 10.0. The summed E-state index contributed by atoms with van der Waals surface area (Å²) >= 11 is 0. The Morgan fingerprint density at radius 1 is 0.917 bits per heavy atom. The van der Waals surface area contributed by atoms with E-state index in [2.05, 4.69) is 43.9 Å². The minimum Gasteiger partial charge on any atom is -0.370 e. The topological polar surface area (TPSA) is 169 Å². The second kappa shape index (κ2) is 17.6. The van der Waals surface area contributed by atoms with Crippen LogP contribution in [0, 0.1) is 5.82 Å². The number of halogens is 1. The number of hydrogen-bond acceptors (Lipinski definition) is 5. The Morgan fingerprint density at radius 3 is 2.35 bits per heavy atom. The average molecular weight is 657 g/mol. The largest absolute Gasteiger partial charge is 0.370 e. The number of nitrogens with one attached hydrogen (secondary N) is 4. The predicted molar refractivity (Wildman–Crippen MR) is 188 cm³/mol. The minimum absolute atomic E-state index is 0.0536. The lowest BCUT2D eigenvalue weighted by molar-refractivity contribution is -0.130. The molecule has 0 aliphatic heterocycles. The molecule has 254 valence electrons. The number of aliphatic imine (C=N–C) groups is 1. The van der Waals surface area contributed by atoms with E-state index in [-0.39, 0.29) is 30.5 Å². The van der Waals surface area contributed by atoms with E-state index in [1.54, 1.807) is 12.1 Å². The molecule has 2 atom stereocenters. The van der Waals surface area contributed by atoms with Crippen molar-refractivity contribution in [3.63, 3.8) is 0 Å². The first-order chi connectivity index (χ1) is 23.1. The average Bonchev–Trinajstić information content (AvgIpc) is 3.39. The number of fused-ring (bicyclic) bond motifs is 1. The highest BCUT2D eigenvalue weighted by atomic mass is 19.1. The second-order valence-corrected chi connectivity index (χ2v) is 11.8. The van der Waals surface area contributed by atoms with Crippen LogP contribution >= 0.6 is 0 Å². The molecule has 11 nitrogen and oxygen atoms in total. The standard InChI is InChI=1S/C36H45FN8O3/c1-3-17-40-21-27-23-45(22-26-11-13-28(37)14-12-26)33-16-15-29(20-30(27)33)43-35(48)32(19-25-8-5-4-6-9-25)44-34(47)31(42-24(2)46)10-7-18-41-36(38)39/h4-6,8-9,11-16,20,23,31-32,40H,3,7,10,17-19,21-22H2,1-2H3,(H,42,46)(H,43,48)(H,44,47)(H4,38,39,41)/t31-,32-/m0/s1. The summed E-state index contributed by atoms with van der Waals surface area (Å²) in [6, 6.07) is 19.7. The molecule has 0 bridgehead atoms. The summed E-state index contributed by atoms with van der Waals surface area (Å²) in [6.45, 7) is 5.79. The summed E-state index contributed by atoms with van der Waals surface area (Å²) in [7, 11) is 0. The van der Waals surface area contributed by atoms with Crippen molar-refractivity contribution in [2.24, 2.45) is 16.5 Å². The Balaban J connectivity index is 1.57. The van der Waals surface area contributed by atoms with Crippen LogP contribution in [0.4, 0.5) is 10.1 Å². The van der Waals surface area contributed by atoms with Crippen molar-refractivity contribution in [1.29, 1.82) is 0 Å². The third-order valence-corrected chi connectivity index (χ3v) is 7.79. The Bertz CT molecular complexity index is 1700. The van der Waals surface area contributed by atoms with E-state index < -0.39 is 23.9 Å². The zero-order chi connectivity index (χ0) is 34.5. The van der Waals surface area contributed by atoms with Gasteiger partial charge >= 0.3 is 0 Å². The number of guanidine groups is 1. The third-order valence-electron chi connectivity index (χ3n) is 7.79. The van der Waals surface area contributed by atoms with Gasteiger partial charge in [-0.1, -0.05) is 49.4 Å². The highest BCUT2D eigenvalue weighted by Crippen LogP contribution is 2.26. The fourth-order valence-electron chi connectivity index (χ4n) is 5.49. The van der Waals surface area contributed by atoms with Gasteiger partial charge in [0.1, 0.15) is 17.9 Å². The number of nitrogens with two attached hydrogens (primary N) is 2. The molecule has 8 N–H and O–H groups in total. The molecule has 3 amide bonds. The smallest absolute Gasteiger partial charge is 0.247 e. The number of carbonyl (C=O) groups is 3. The van der Waals surface area contributed by atoms with Gasteiger partial charge in [-0.15, -0.1) is 0 Å². The highest BCUT2D eigenvalue weighted by molar-refractivity contribution is 6.00. The number of nitrogens with zero attached hydrogens (tertiary/aromatic N) is 2. The second-order valence-electron chi connectivity index (χ2n) is 11.8. The van der Waals surface area contributed by atoms with E-state index in [1.807, 2.05) is 48.5 Å². The number of benzene rings is 3. The number of amides is 3. The third kappa shape index (κ3) is 10.7. The van der Waals surface area contributed by atoms with Gasteiger partial charge in [0, 0.05) is 55.8 Å². The van der Waals surface area contributed by atoms with E-state index in [1.165, 1.54) is 19.1 Å². The molecular weight excluding hydrogens is 611 g/mol. The van der Waals surface area contributed by atoms with Crippen molar-refractivity contribution >= 4 is 40.3 Å². The minimum atomic E-state index is -0.932. The first kappa shape index (κ1) is 35.6. The van der Waals surface area contributed by atoms with E-state index in [0.29, 0.717) is 31.7 Å². The molecule has 0 fully saturated rings. The van der Waals surface area contributed by atoms with Crippen LogP contribution < -0.4 is 32.7 Å². The maximum Gasteiger partial charge on any atom is 0.247 e. The van der Waals surface area contributed by atoms with Crippen molar-refractivity contribution in [3.05, 3.63) is 102 Å². The zero-order valence-electron chi connectivity index (χ0n) is 27.5. The van der Waals surface area contributed by atoms with E-state index >= 15 is 0 Å². The van der Waals surface area contributed by atoms with Gasteiger partial charge < -0.3 is 37.3 Å². The predicted octanol–water partition coefficient (Wildman–Crippen LogP) is 3.55. The summed E-state index contributed by atoms with van der Waals surface area (Å²) in [5.74, 6) is -1.59. The highest BCUT2D eigenvalue weighted by Gasteiger charge is 2.27. The van der Waals surface area contributed by atoms with E-state index in [9.17, 15) is 18.8 Å². The molecule has 0 unspecified atom stereocenters. The van der Waals surface area contributed by atoms with Gasteiger partial charge in [-0.2, -0.15) is 0 Å². The number of rotatable bonds is 17. The van der Waals surface area contributed by atoms with Crippen LogP contribution in [0.3, 0.4) is 0 Å². The fraction of sp³-hybridized carbons (Fsp3) is 0.333. The van der Waals surface area contributed by atoms with Crippen molar-refractivity contribution in [2.45, 2.75) is 64.7 Å². The lowest BCUT2D eigenvalue weighted by Gasteiger charge is -2.23. The molecule has 0 spiro atoms. The summed E-state index contributed by atoms with van der Waals surface area (Å²) in [6.07, 6.45) is 4.03. The Morgan fingerprint density at radius 2 is 1.67 bits per heavy atom. The van der Waals surface area contributed by atoms with Gasteiger partial charge in [-0.25, -0.2) is 4.39 Å². The quantitative estimate of drug-likeness (QED) is 0.0577. The van der Waals surface area contributed by atoms with Crippen LogP contribution in [0.5, 0.6) is 0 Å². The van der Waals surface area contributed by atoms with Crippen LogP contribution in [0.2, 0.25) is 0 Å². The molecule has 12 heteroatoms. The normalized spacial score (nSPS) is 12.2. The maximum absolute atomic E-state index is 13.8. The summed E-state index contributed by atoms with van der Waals surface area (Å²) in [5.41, 5.74) is 15.2. The molecule has 0 aliphatic carbocycles. The van der Waals surface area contributed by atoms with Gasteiger partial charge in [0.2, 0.25) is 17.7 Å². The van der Waals surface area contributed by atoms with Gasteiger partial charge in [-0.05, 0) is 72.8 Å². The molecule has 4 rings (SSSR count). The van der Waals surface area contributed by atoms with Gasteiger partial charge in [0.05, 0.1) is 0 Å². The summed E-state index contributed by atoms with van der Waals surface area (Å²) < 4.78 is 15.6. The Labute approximate surface area is 280 Å². The molecule has 1 aromatic heterocycles. The summed E-state index contributed by atoms with van der Waals surface area (Å²) in [5, 5.41) is 13.0. The van der Waals surface area contributed by atoms with Crippen LogP contribution in [-0.4, -0.2) is 53.4 Å². The molecule has 1 heterocycles. The number of aromatic nitrogens is 1. The van der Waals surface area contributed by atoms with Crippen molar-refractivity contribution in [3.8, 4) is 0 Å². The maximum atomic E-state index is 13.8. The SMILES string of the molecule is CCCNCc1cn(Cc2ccc(F)cc2)c2ccc(NC(=O)[C@H](Cc3ccccc3)NC(=O)[C@H](CCCN=C(N)N)NC(C)=O)cc12. The van der Waals surface area contributed by atoms with Gasteiger partial charge in [-0.3, -0.25) is 19.4 Å². The van der Waals surface area contributed by atoms with Crippen LogP contribution in [0.15, 0.2) is 84.0 Å². The van der Waals surface area contributed by atoms with Gasteiger partial charge in [0.15, 0.2) is 5.96 Å². The lowest BCUT2D eigenvalue weighted by Crippen LogP contribution is -2.53. The van der Waals surface area contributed by atoms with Crippen molar-refractivity contribution < 1.29 is 18.8 Å². The summed E-state index contributed by atoms with van der Waals surface area (Å²) in [4.78, 5) is 43.2.